The average Bonchev–Trinajstić information content (AvgIpc) is 2.48. The molecule has 0 aromatic rings. The first-order valence-corrected chi connectivity index (χ1v) is 8.54. The van der Waals surface area contributed by atoms with Gasteiger partial charge in [0.25, 0.3) is 0 Å². The molecule has 0 fully saturated rings. The summed E-state index contributed by atoms with van der Waals surface area (Å²) in [7, 11) is -0.913. The first-order chi connectivity index (χ1) is 6.08. The van der Waals surface area contributed by atoms with Gasteiger partial charge in [0.2, 0.25) is 0 Å². The largest absolute Gasteiger partial charge is 0.380 e. The van der Waals surface area contributed by atoms with Gasteiger partial charge in [0.1, 0.15) is 0 Å². The molecule has 13 heavy (non-hydrogen) atoms. The Kier molecular flexibility index (Phi) is 3.96. The Morgan fingerprint density at radius 3 is 2.69 bits per heavy atom. The van der Waals surface area contributed by atoms with Crippen LogP contribution < -0.4 is 10.9 Å². The van der Waals surface area contributed by atoms with Gasteiger partial charge in [-0.3, -0.25) is 0 Å². The Bertz CT molecular complexity index is 177. The molecule has 1 aliphatic heterocycles. The van der Waals surface area contributed by atoms with E-state index < -0.39 is 8.07 Å². The predicted molar refractivity (Wildman–Crippen MR) is 58.2 cm³/mol. The second-order valence-electron chi connectivity index (χ2n) is 4.64. The maximum atomic E-state index is 5.57. The first kappa shape index (κ1) is 10.8. The summed E-state index contributed by atoms with van der Waals surface area (Å²) in [5, 5.41) is 0. The van der Waals surface area contributed by atoms with Crippen LogP contribution in [0.15, 0.2) is 12.3 Å². The van der Waals surface area contributed by atoms with E-state index in [1.54, 1.807) is 0 Å². The van der Waals surface area contributed by atoms with Crippen LogP contribution in [0.2, 0.25) is 25.7 Å². The lowest BCUT2D eigenvalue weighted by Crippen LogP contribution is -2.34. The van der Waals surface area contributed by atoms with Gasteiger partial charge in [-0.15, -0.1) is 0 Å². The third-order valence-corrected chi connectivity index (χ3v) is 3.68. The molecule has 0 saturated carbocycles. The monoisotopic (exact) mass is 200 g/mol. The summed E-state index contributed by atoms with van der Waals surface area (Å²) >= 11 is 0. The fraction of sp³-hybridized carbons (Fsp3) is 0.778. The zero-order chi connectivity index (χ0) is 9.73. The van der Waals surface area contributed by atoms with Gasteiger partial charge in [0.15, 0.2) is 0 Å². The number of rotatable bonds is 5. The van der Waals surface area contributed by atoms with E-state index in [-0.39, 0.29) is 0 Å². The number of ether oxygens (including phenoxy) is 1. The van der Waals surface area contributed by atoms with Gasteiger partial charge in [0, 0.05) is 20.9 Å². The third-order valence-electron chi connectivity index (χ3n) is 1.97. The van der Waals surface area contributed by atoms with Crippen LogP contribution in [0.1, 0.15) is 0 Å². The van der Waals surface area contributed by atoms with Gasteiger partial charge in [-0.05, 0) is 12.1 Å². The predicted octanol–water partition coefficient (Wildman–Crippen LogP) is 1.33. The van der Waals surface area contributed by atoms with Crippen LogP contribution in [0.25, 0.3) is 0 Å². The molecule has 1 aliphatic rings. The molecule has 2 N–H and O–H groups in total. The molecule has 0 aliphatic carbocycles. The van der Waals surface area contributed by atoms with Crippen molar-refractivity contribution in [2.24, 2.45) is 0 Å². The normalized spacial score (nSPS) is 21.9. The SMILES string of the molecule is C[Si](C)(C)CCOCC1C=CNN1. The quantitative estimate of drug-likeness (QED) is 0.519. The molecule has 0 bridgehead atoms. The van der Waals surface area contributed by atoms with Crippen molar-refractivity contribution in [3.05, 3.63) is 12.3 Å². The maximum absolute atomic E-state index is 5.57. The van der Waals surface area contributed by atoms with Crippen LogP contribution >= 0.6 is 0 Å². The molecular formula is C9H20N2OSi. The molecule has 0 aromatic carbocycles. The van der Waals surface area contributed by atoms with Crippen molar-refractivity contribution in [1.82, 2.24) is 10.9 Å². The molecule has 1 unspecified atom stereocenters. The summed E-state index contributed by atoms with van der Waals surface area (Å²) in [5.74, 6) is 0. The minimum atomic E-state index is -0.913. The highest BCUT2D eigenvalue weighted by Gasteiger charge is 2.13. The van der Waals surface area contributed by atoms with E-state index in [0.29, 0.717) is 6.04 Å². The Labute approximate surface area is 81.5 Å². The molecule has 1 atom stereocenters. The minimum absolute atomic E-state index is 0.349. The lowest BCUT2D eigenvalue weighted by Gasteiger charge is -2.16. The molecule has 0 saturated heterocycles. The third kappa shape index (κ3) is 5.08. The lowest BCUT2D eigenvalue weighted by atomic mass is 10.3. The van der Waals surface area contributed by atoms with E-state index in [2.05, 4.69) is 36.6 Å². The van der Waals surface area contributed by atoms with E-state index in [1.807, 2.05) is 6.20 Å². The molecule has 0 amide bonds. The summed E-state index contributed by atoms with van der Waals surface area (Å²) in [6, 6.07) is 1.60. The van der Waals surface area contributed by atoms with E-state index in [0.717, 1.165) is 13.2 Å². The maximum Gasteiger partial charge on any atom is 0.0691 e. The van der Waals surface area contributed by atoms with Crippen LogP contribution in [0.5, 0.6) is 0 Å². The molecule has 0 aromatic heterocycles. The van der Waals surface area contributed by atoms with Crippen molar-refractivity contribution < 1.29 is 4.74 Å². The van der Waals surface area contributed by atoms with E-state index in [9.17, 15) is 0 Å². The molecule has 0 radical (unpaired) electrons. The first-order valence-electron chi connectivity index (χ1n) is 4.83. The second-order valence-corrected chi connectivity index (χ2v) is 10.3. The average molecular weight is 200 g/mol. The Balaban J connectivity index is 1.98. The Hall–Kier alpha value is -0.323. The Morgan fingerprint density at radius 2 is 2.15 bits per heavy atom. The van der Waals surface area contributed by atoms with Gasteiger partial charge >= 0.3 is 0 Å². The van der Waals surface area contributed by atoms with Crippen LogP contribution in [0, 0.1) is 0 Å². The summed E-state index contributed by atoms with van der Waals surface area (Å²) in [5.41, 5.74) is 6.01. The summed E-state index contributed by atoms with van der Waals surface area (Å²) in [6.45, 7) is 8.78. The van der Waals surface area contributed by atoms with Crippen LogP contribution in [0.4, 0.5) is 0 Å². The minimum Gasteiger partial charge on any atom is -0.380 e. The Morgan fingerprint density at radius 1 is 1.38 bits per heavy atom. The molecule has 76 valence electrons. The molecule has 1 rings (SSSR count). The summed E-state index contributed by atoms with van der Waals surface area (Å²) in [6.07, 6.45) is 3.99. The lowest BCUT2D eigenvalue weighted by molar-refractivity contribution is 0.133. The molecule has 0 spiro atoms. The van der Waals surface area contributed by atoms with Crippen LogP contribution in [0.3, 0.4) is 0 Å². The van der Waals surface area contributed by atoms with E-state index in [4.69, 9.17) is 4.74 Å². The van der Waals surface area contributed by atoms with Crippen molar-refractivity contribution in [2.75, 3.05) is 13.2 Å². The zero-order valence-electron chi connectivity index (χ0n) is 8.76. The fourth-order valence-electron chi connectivity index (χ4n) is 1.05. The highest BCUT2D eigenvalue weighted by Crippen LogP contribution is 2.07. The molecule has 4 heteroatoms. The van der Waals surface area contributed by atoms with Crippen molar-refractivity contribution in [3.8, 4) is 0 Å². The van der Waals surface area contributed by atoms with Crippen LogP contribution in [-0.4, -0.2) is 27.3 Å². The van der Waals surface area contributed by atoms with E-state index in [1.165, 1.54) is 6.04 Å². The second kappa shape index (κ2) is 4.79. The van der Waals surface area contributed by atoms with Gasteiger partial charge in [0.05, 0.1) is 12.6 Å². The molecule has 3 nitrogen and oxygen atoms in total. The van der Waals surface area contributed by atoms with Gasteiger partial charge in [-0.1, -0.05) is 19.6 Å². The number of nitrogens with one attached hydrogen (secondary N) is 2. The van der Waals surface area contributed by atoms with E-state index >= 15 is 0 Å². The topological polar surface area (TPSA) is 33.3 Å². The smallest absolute Gasteiger partial charge is 0.0691 e. The summed E-state index contributed by atoms with van der Waals surface area (Å²) < 4.78 is 5.57. The standard InChI is InChI=1S/C9H20N2OSi/c1-13(2,3)7-6-12-8-9-4-5-10-11-9/h4-5,9-11H,6-8H2,1-3H3. The number of hydrogen-bond donors (Lipinski definition) is 2. The number of hydrogen-bond acceptors (Lipinski definition) is 3. The summed E-state index contributed by atoms with van der Waals surface area (Å²) in [4.78, 5) is 0. The van der Waals surface area contributed by atoms with Gasteiger partial charge in [-0.25, -0.2) is 5.43 Å². The zero-order valence-corrected chi connectivity index (χ0v) is 9.76. The molecule has 1 heterocycles. The van der Waals surface area contributed by atoms with Crippen molar-refractivity contribution in [2.45, 2.75) is 31.7 Å². The molecular weight excluding hydrogens is 180 g/mol. The van der Waals surface area contributed by atoms with Gasteiger partial charge < -0.3 is 10.2 Å². The van der Waals surface area contributed by atoms with Crippen LogP contribution in [-0.2, 0) is 4.74 Å². The van der Waals surface area contributed by atoms with Crippen molar-refractivity contribution in [3.63, 3.8) is 0 Å². The highest BCUT2D eigenvalue weighted by atomic mass is 28.3. The number of hydrazine groups is 1. The fourth-order valence-corrected chi connectivity index (χ4v) is 1.81. The van der Waals surface area contributed by atoms with Crippen molar-refractivity contribution >= 4 is 8.07 Å². The van der Waals surface area contributed by atoms with Gasteiger partial charge in [-0.2, -0.15) is 0 Å². The van der Waals surface area contributed by atoms with Crippen molar-refractivity contribution in [1.29, 1.82) is 0 Å². The highest BCUT2D eigenvalue weighted by molar-refractivity contribution is 6.76.